The molecular formula is C46H47N5O5. The molecule has 5 aliphatic heterocycles. The molecule has 10 rings (SSSR count). The molecule has 0 radical (unpaired) electrons. The largest absolute Gasteiger partial charge is 0.508 e. The van der Waals surface area contributed by atoms with Crippen molar-refractivity contribution in [1.82, 2.24) is 20.0 Å². The number of rotatable bonds is 7. The number of amides is 4. The number of likely N-dealkylation sites (tertiary alicyclic amines) is 1. The van der Waals surface area contributed by atoms with Gasteiger partial charge in [0.1, 0.15) is 11.8 Å². The monoisotopic (exact) mass is 749 g/mol. The van der Waals surface area contributed by atoms with Crippen molar-refractivity contribution < 1.29 is 24.3 Å². The lowest BCUT2D eigenvalue weighted by Crippen LogP contribution is -2.61. The van der Waals surface area contributed by atoms with E-state index in [1.54, 1.807) is 0 Å². The molecule has 3 saturated heterocycles. The van der Waals surface area contributed by atoms with Gasteiger partial charge in [0.2, 0.25) is 11.8 Å². The Hall–Kier alpha value is -5.32. The number of nitrogens with zero attached hydrogens (tertiary/aromatic N) is 4. The molecule has 1 aliphatic carbocycles. The van der Waals surface area contributed by atoms with Crippen LogP contribution in [0.2, 0.25) is 0 Å². The van der Waals surface area contributed by atoms with Crippen LogP contribution in [-0.2, 0) is 29.1 Å². The third kappa shape index (κ3) is 6.10. The van der Waals surface area contributed by atoms with Gasteiger partial charge in [0.05, 0.1) is 11.1 Å². The van der Waals surface area contributed by atoms with Crippen LogP contribution in [0, 0.1) is 5.41 Å². The predicted molar refractivity (Wildman–Crippen MR) is 211 cm³/mol. The maximum absolute atomic E-state index is 13.3. The molecule has 3 atom stereocenters. The lowest BCUT2D eigenvalue weighted by molar-refractivity contribution is -0.136. The molecule has 56 heavy (non-hydrogen) atoms. The number of piperidine rings is 2. The lowest BCUT2D eigenvalue weighted by atomic mass is 9.69. The molecule has 4 amide bonds. The second-order valence-corrected chi connectivity index (χ2v) is 17.0. The van der Waals surface area contributed by atoms with Gasteiger partial charge in [-0.3, -0.25) is 34.3 Å². The molecule has 286 valence electrons. The van der Waals surface area contributed by atoms with E-state index in [0.717, 1.165) is 81.2 Å². The molecule has 3 fully saturated rings. The summed E-state index contributed by atoms with van der Waals surface area (Å²) in [6.07, 6.45) is 4.70. The SMILES string of the molecule is O=C1CCC(N2C(=O)c3cc4c(cc3C2=O)CN(CCN2CC3(CCN(c5ccc([C@@H]6c7ccc(O)cc7CC[C@@H]6c6ccccc6)cc5)CC3)C2)C4)C(=O)N1. The zero-order valence-electron chi connectivity index (χ0n) is 31.6. The van der Waals surface area contributed by atoms with Crippen LogP contribution >= 0.6 is 0 Å². The molecule has 1 spiro atoms. The van der Waals surface area contributed by atoms with Gasteiger partial charge < -0.3 is 14.9 Å². The molecular weight excluding hydrogens is 703 g/mol. The molecule has 0 aromatic heterocycles. The number of hydrogen-bond acceptors (Lipinski definition) is 8. The number of aromatic hydroxyl groups is 1. The number of carbonyl (C=O) groups is 4. The molecule has 10 nitrogen and oxygen atoms in total. The quantitative estimate of drug-likeness (QED) is 0.236. The maximum Gasteiger partial charge on any atom is 0.262 e. The molecule has 2 N–H and O–H groups in total. The first kappa shape index (κ1) is 35.1. The van der Waals surface area contributed by atoms with Gasteiger partial charge in [-0.05, 0) is 113 Å². The van der Waals surface area contributed by atoms with Gasteiger partial charge in [0.25, 0.3) is 11.8 Å². The van der Waals surface area contributed by atoms with Crippen LogP contribution in [0.4, 0.5) is 5.69 Å². The van der Waals surface area contributed by atoms with Crippen molar-refractivity contribution in [1.29, 1.82) is 0 Å². The molecule has 4 aromatic carbocycles. The van der Waals surface area contributed by atoms with Crippen molar-refractivity contribution in [2.45, 2.75) is 69.5 Å². The molecule has 5 heterocycles. The zero-order valence-corrected chi connectivity index (χ0v) is 31.6. The Labute approximate surface area is 327 Å². The van der Waals surface area contributed by atoms with Crippen LogP contribution in [0.5, 0.6) is 5.75 Å². The van der Waals surface area contributed by atoms with E-state index in [1.165, 1.54) is 40.8 Å². The minimum atomic E-state index is -0.942. The van der Waals surface area contributed by atoms with E-state index in [0.29, 0.717) is 28.2 Å². The van der Waals surface area contributed by atoms with Crippen LogP contribution in [0.1, 0.15) is 98.0 Å². The van der Waals surface area contributed by atoms with Crippen LogP contribution in [0.3, 0.4) is 0 Å². The van der Waals surface area contributed by atoms with Crippen LogP contribution in [-0.4, -0.2) is 88.7 Å². The molecule has 0 bridgehead atoms. The van der Waals surface area contributed by atoms with E-state index in [9.17, 15) is 24.3 Å². The second kappa shape index (κ2) is 13.7. The minimum absolute atomic E-state index is 0.113. The van der Waals surface area contributed by atoms with E-state index in [-0.39, 0.29) is 24.7 Å². The van der Waals surface area contributed by atoms with Gasteiger partial charge in [-0.25, -0.2) is 0 Å². The van der Waals surface area contributed by atoms with Crippen molar-refractivity contribution in [2.24, 2.45) is 5.41 Å². The molecule has 6 aliphatic rings. The number of nitrogens with one attached hydrogen (secondary N) is 1. The highest BCUT2D eigenvalue weighted by Gasteiger charge is 2.47. The summed E-state index contributed by atoms with van der Waals surface area (Å²) in [5.41, 5.74) is 9.84. The summed E-state index contributed by atoms with van der Waals surface area (Å²) in [5, 5.41) is 12.5. The highest BCUT2D eigenvalue weighted by molar-refractivity contribution is 6.23. The van der Waals surface area contributed by atoms with Crippen molar-refractivity contribution in [3.8, 4) is 5.75 Å². The van der Waals surface area contributed by atoms with Crippen molar-refractivity contribution >= 4 is 29.3 Å². The average molecular weight is 750 g/mol. The number of aryl methyl sites for hydroxylation is 1. The zero-order chi connectivity index (χ0) is 38.1. The Morgan fingerprint density at radius 3 is 2.05 bits per heavy atom. The fourth-order valence-electron chi connectivity index (χ4n) is 10.7. The molecule has 10 heteroatoms. The topological polar surface area (TPSA) is 114 Å². The molecule has 1 unspecified atom stereocenters. The summed E-state index contributed by atoms with van der Waals surface area (Å²) < 4.78 is 0. The number of benzene rings is 4. The van der Waals surface area contributed by atoms with Crippen LogP contribution in [0.25, 0.3) is 0 Å². The first-order valence-electron chi connectivity index (χ1n) is 20.3. The van der Waals surface area contributed by atoms with Crippen molar-refractivity contribution in [3.63, 3.8) is 0 Å². The Balaban J connectivity index is 0.725. The van der Waals surface area contributed by atoms with Gasteiger partial charge in [-0.1, -0.05) is 48.5 Å². The van der Waals surface area contributed by atoms with E-state index >= 15 is 0 Å². The third-order valence-corrected chi connectivity index (χ3v) is 13.7. The van der Waals surface area contributed by atoms with Crippen molar-refractivity contribution in [2.75, 3.05) is 44.2 Å². The minimum Gasteiger partial charge on any atom is -0.508 e. The Morgan fingerprint density at radius 1 is 0.696 bits per heavy atom. The van der Waals surface area contributed by atoms with Gasteiger partial charge in [-0.2, -0.15) is 0 Å². The first-order valence-corrected chi connectivity index (χ1v) is 20.3. The number of hydrogen-bond donors (Lipinski definition) is 2. The number of carbonyl (C=O) groups excluding carboxylic acids is 4. The number of phenols is 1. The molecule has 0 saturated carbocycles. The smallest absolute Gasteiger partial charge is 0.262 e. The standard InChI is InChI=1S/C46H47N5O5/c52-35-11-13-37-31(22-35)8-12-36(29-4-2-1-3-5-29)42(37)30-6-9-34(10-7-30)50-18-16-46(17-19-50)27-49(28-46)21-20-48-25-32-23-38-39(24-33(32)26-48)45(56)51(44(38)55)40-14-15-41(53)47-43(40)54/h1-7,9-11,13,22-24,36,40,42,52H,8,12,14-21,25-28H2,(H,47,53,54)/t36-,40?,42+/m1/s1. The van der Waals surface area contributed by atoms with Gasteiger partial charge in [0, 0.05) is 70.4 Å². The lowest BCUT2D eigenvalue weighted by Gasteiger charge is -2.54. The first-order chi connectivity index (χ1) is 27.2. The summed E-state index contributed by atoms with van der Waals surface area (Å²) in [6, 6.07) is 28.9. The summed E-state index contributed by atoms with van der Waals surface area (Å²) in [5.74, 6) is -0.851. The fraction of sp³-hybridized carbons (Fsp3) is 0.391. The summed E-state index contributed by atoms with van der Waals surface area (Å²) in [4.78, 5) is 59.3. The van der Waals surface area contributed by atoms with E-state index in [2.05, 4.69) is 80.7 Å². The second-order valence-electron chi connectivity index (χ2n) is 17.0. The predicted octanol–water partition coefficient (Wildman–Crippen LogP) is 5.57. The highest BCUT2D eigenvalue weighted by Crippen LogP contribution is 2.48. The number of fused-ring (bicyclic) bond motifs is 3. The van der Waals surface area contributed by atoms with E-state index in [4.69, 9.17) is 0 Å². The third-order valence-electron chi connectivity index (χ3n) is 13.7. The highest BCUT2D eigenvalue weighted by atomic mass is 16.3. The number of phenolic OH excluding ortho intramolecular Hbond substituents is 1. The van der Waals surface area contributed by atoms with Gasteiger partial charge in [0.15, 0.2) is 0 Å². The van der Waals surface area contributed by atoms with Crippen LogP contribution < -0.4 is 10.2 Å². The fourth-order valence-corrected chi connectivity index (χ4v) is 10.7. The number of imide groups is 2. The summed E-state index contributed by atoms with van der Waals surface area (Å²) >= 11 is 0. The van der Waals surface area contributed by atoms with Gasteiger partial charge >= 0.3 is 0 Å². The normalized spacial score (nSPS) is 24.5. The van der Waals surface area contributed by atoms with E-state index < -0.39 is 23.8 Å². The summed E-state index contributed by atoms with van der Waals surface area (Å²) in [7, 11) is 0. The summed E-state index contributed by atoms with van der Waals surface area (Å²) in [6.45, 7) is 7.78. The Bertz CT molecular complexity index is 2190. The number of anilines is 1. The average Bonchev–Trinajstić information content (AvgIpc) is 3.71. The Morgan fingerprint density at radius 2 is 1.38 bits per heavy atom. The van der Waals surface area contributed by atoms with Gasteiger partial charge in [-0.15, -0.1) is 0 Å². The maximum atomic E-state index is 13.3. The Kier molecular flexibility index (Phi) is 8.60. The van der Waals surface area contributed by atoms with Crippen LogP contribution in [0.15, 0.2) is 84.9 Å². The van der Waals surface area contributed by atoms with Crippen molar-refractivity contribution in [3.05, 3.63) is 129 Å². The van der Waals surface area contributed by atoms with E-state index in [1.807, 2.05) is 24.3 Å². The molecule has 4 aromatic rings.